The van der Waals surface area contributed by atoms with Gasteiger partial charge in [0.15, 0.2) is 0 Å². The zero-order valence-corrected chi connectivity index (χ0v) is 15.7. The Labute approximate surface area is 158 Å². The van der Waals surface area contributed by atoms with Crippen molar-refractivity contribution < 1.29 is 14.1 Å². The lowest BCUT2D eigenvalue weighted by Gasteiger charge is -2.32. The lowest BCUT2D eigenvalue weighted by molar-refractivity contribution is -0.125. The normalized spacial score (nSPS) is 19.5. The molecule has 146 valence electrons. The molecule has 0 aromatic carbocycles. The molecule has 1 amide bonds. The molecule has 2 aliphatic heterocycles. The summed E-state index contributed by atoms with van der Waals surface area (Å²) < 4.78 is 10.6. The van der Waals surface area contributed by atoms with E-state index in [-0.39, 0.29) is 11.8 Å². The van der Waals surface area contributed by atoms with Gasteiger partial charge in [0.25, 0.3) is 5.71 Å². The van der Waals surface area contributed by atoms with Crippen molar-refractivity contribution in [1.29, 1.82) is 0 Å². The lowest BCUT2D eigenvalue weighted by Crippen LogP contribution is -2.44. The number of carbonyl (C=O) groups is 1. The highest BCUT2D eigenvalue weighted by Crippen LogP contribution is 2.29. The van der Waals surface area contributed by atoms with Crippen molar-refractivity contribution in [2.45, 2.75) is 19.8 Å². The molecule has 2 saturated heterocycles. The van der Waals surface area contributed by atoms with Gasteiger partial charge in [-0.25, -0.2) is 4.98 Å². The van der Waals surface area contributed by atoms with Crippen LogP contribution in [-0.2, 0) is 9.53 Å². The van der Waals surface area contributed by atoms with Crippen LogP contribution in [0.15, 0.2) is 10.9 Å². The molecule has 0 bridgehead atoms. The van der Waals surface area contributed by atoms with E-state index >= 15 is 0 Å². The van der Waals surface area contributed by atoms with Crippen LogP contribution < -0.4 is 10.2 Å². The molecule has 1 N–H and O–H groups in total. The van der Waals surface area contributed by atoms with Crippen molar-refractivity contribution in [1.82, 2.24) is 25.3 Å². The molecule has 2 aromatic heterocycles. The molecule has 9 heteroatoms. The van der Waals surface area contributed by atoms with Crippen molar-refractivity contribution in [3.63, 3.8) is 0 Å². The van der Waals surface area contributed by atoms with Crippen LogP contribution in [-0.4, -0.2) is 78.4 Å². The second-order valence-electron chi connectivity index (χ2n) is 7.15. The molecule has 4 heterocycles. The van der Waals surface area contributed by atoms with Gasteiger partial charge in [-0.2, -0.15) is 4.98 Å². The van der Waals surface area contributed by atoms with E-state index in [0.29, 0.717) is 12.3 Å². The Hall–Kier alpha value is -2.26. The number of ether oxygens (including phenoxy) is 1. The molecule has 0 unspecified atom stereocenters. The quantitative estimate of drug-likeness (QED) is 0.812. The minimum Gasteiger partial charge on any atom is -0.379 e. The molecule has 2 aromatic rings. The molecule has 9 nitrogen and oxygen atoms in total. The topological polar surface area (TPSA) is 96.6 Å². The van der Waals surface area contributed by atoms with Crippen molar-refractivity contribution in [3.05, 3.63) is 12.0 Å². The third-order valence-electron chi connectivity index (χ3n) is 5.42. The smallest absolute Gasteiger partial charge is 0.263 e. The largest absolute Gasteiger partial charge is 0.379 e. The number of rotatable bonds is 5. The predicted molar refractivity (Wildman–Crippen MR) is 99.5 cm³/mol. The van der Waals surface area contributed by atoms with Gasteiger partial charge >= 0.3 is 0 Å². The van der Waals surface area contributed by atoms with Gasteiger partial charge in [0.1, 0.15) is 17.5 Å². The number of morpholine rings is 1. The second-order valence-corrected chi connectivity index (χ2v) is 7.15. The number of hydrogen-bond donors (Lipinski definition) is 1. The number of aromatic nitrogens is 3. The highest BCUT2D eigenvalue weighted by Gasteiger charge is 2.27. The van der Waals surface area contributed by atoms with E-state index in [9.17, 15) is 4.79 Å². The summed E-state index contributed by atoms with van der Waals surface area (Å²) in [5.74, 6) is 1.08. The Balaban J connectivity index is 1.28. The second kappa shape index (κ2) is 8.18. The molecule has 0 spiro atoms. The average molecular weight is 374 g/mol. The number of anilines is 1. The number of amides is 1. The van der Waals surface area contributed by atoms with E-state index in [1.54, 1.807) is 0 Å². The molecule has 4 rings (SSSR count). The molecule has 2 aliphatic rings. The highest BCUT2D eigenvalue weighted by molar-refractivity contribution is 5.88. The maximum Gasteiger partial charge on any atom is 0.263 e. The van der Waals surface area contributed by atoms with Gasteiger partial charge in [0, 0.05) is 45.2 Å². The molecule has 0 atom stereocenters. The summed E-state index contributed by atoms with van der Waals surface area (Å²) in [4.78, 5) is 25.6. The molecular weight excluding hydrogens is 348 g/mol. The van der Waals surface area contributed by atoms with Crippen LogP contribution >= 0.6 is 0 Å². The average Bonchev–Trinajstić information content (AvgIpc) is 3.10. The lowest BCUT2D eigenvalue weighted by atomic mass is 9.95. The van der Waals surface area contributed by atoms with E-state index in [0.717, 1.165) is 75.7 Å². The third-order valence-corrected chi connectivity index (χ3v) is 5.42. The van der Waals surface area contributed by atoms with Gasteiger partial charge < -0.3 is 19.5 Å². The summed E-state index contributed by atoms with van der Waals surface area (Å²) in [6, 6.07) is 0. The monoisotopic (exact) mass is 374 g/mol. The Morgan fingerprint density at radius 2 is 2.00 bits per heavy atom. The molecule has 0 radical (unpaired) electrons. The van der Waals surface area contributed by atoms with Gasteiger partial charge in [-0.05, 0) is 19.8 Å². The maximum atomic E-state index is 12.5. The van der Waals surface area contributed by atoms with Crippen LogP contribution in [0.2, 0.25) is 0 Å². The molecule has 0 saturated carbocycles. The third kappa shape index (κ3) is 4.03. The Morgan fingerprint density at radius 1 is 1.22 bits per heavy atom. The molecule has 0 aliphatic carbocycles. The standard InChI is InChI=1S/C18H26N6O3/c1-13-15-16(20-12-21-18(15)27-22-13)24-5-2-14(3-6-24)17(25)19-4-7-23-8-10-26-11-9-23/h12,14H,2-11H2,1H3,(H,19,25). The summed E-state index contributed by atoms with van der Waals surface area (Å²) >= 11 is 0. The number of hydrogen-bond acceptors (Lipinski definition) is 8. The van der Waals surface area contributed by atoms with Crippen molar-refractivity contribution >= 4 is 22.8 Å². The fraction of sp³-hybridized carbons (Fsp3) is 0.667. The predicted octanol–water partition coefficient (Wildman–Crippen LogP) is 0.591. The van der Waals surface area contributed by atoms with Crippen LogP contribution in [0.1, 0.15) is 18.5 Å². The first-order valence-corrected chi connectivity index (χ1v) is 9.62. The summed E-state index contributed by atoms with van der Waals surface area (Å²) in [5, 5.41) is 7.95. The first kappa shape index (κ1) is 18.1. The zero-order valence-electron chi connectivity index (χ0n) is 15.7. The van der Waals surface area contributed by atoms with Crippen molar-refractivity contribution in [2.24, 2.45) is 5.92 Å². The summed E-state index contributed by atoms with van der Waals surface area (Å²) in [5.41, 5.74) is 1.31. The maximum absolute atomic E-state index is 12.5. The molecule has 2 fully saturated rings. The number of piperidine rings is 1. The SMILES string of the molecule is Cc1noc2ncnc(N3CCC(C(=O)NCCN4CCOCC4)CC3)c12. The van der Waals surface area contributed by atoms with Crippen LogP contribution in [0.5, 0.6) is 0 Å². The van der Waals surface area contributed by atoms with Gasteiger partial charge in [-0.15, -0.1) is 0 Å². The van der Waals surface area contributed by atoms with Crippen molar-refractivity contribution in [3.8, 4) is 0 Å². The van der Waals surface area contributed by atoms with Gasteiger partial charge in [0.05, 0.1) is 18.9 Å². The first-order valence-electron chi connectivity index (χ1n) is 9.62. The van der Waals surface area contributed by atoms with Gasteiger partial charge in [0.2, 0.25) is 5.91 Å². The highest BCUT2D eigenvalue weighted by atomic mass is 16.5. The summed E-state index contributed by atoms with van der Waals surface area (Å²) in [7, 11) is 0. The minimum absolute atomic E-state index is 0.0619. The van der Waals surface area contributed by atoms with E-state index in [2.05, 4.69) is 30.2 Å². The van der Waals surface area contributed by atoms with E-state index < -0.39 is 0 Å². The fourth-order valence-electron chi connectivity index (χ4n) is 3.80. The van der Waals surface area contributed by atoms with Crippen LogP contribution in [0, 0.1) is 12.8 Å². The summed E-state index contributed by atoms with van der Waals surface area (Å²) in [6.45, 7) is 8.53. The Morgan fingerprint density at radius 3 is 2.78 bits per heavy atom. The number of nitrogens with zero attached hydrogens (tertiary/aromatic N) is 5. The van der Waals surface area contributed by atoms with Crippen LogP contribution in [0.25, 0.3) is 11.1 Å². The van der Waals surface area contributed by atoms with E-state index in [4.69, 9.17) is 9.26 Å². The number of fused-ring (bicyclic) bond motifs is 1. The number of carbonyl (C=O) groups excluding carboxylic acids is 1. The number of aryl methyl sites for hydroxylation is 1. The molecule has 27 heavy (non-hydrogen) atoms. The van der Waals surface area contributed by atoms with Gasteiger partial charge in [-0.1, -0.05) is 5.16 Å². The zero-order chi connectivity index (χ0) is 18.6. The first-order chi connectivity index (χ1) is 13.2. The Bertz CT molecular complexity index is 780. The summed E-state index contributed by atoms with van der Waals surface area (Å²) in [6.07, 6.45) is 3.14. The van der Waals surface area contributed by atoms with Crippen molar-refractivity contribution in [2.75, 3.05) is 57.4 Å². The van der Waals surface area contributed by atoms with Gasteiger partial charge in [-0.3, -0.25) is 9.69 Å². The van der Waals surface area contributed by atoms with E-state index in [1.165, 1.54) is 6.33 Å². The molecular formula is C18H26N6O3. The van der Waals surface area contributed by atoms with Crippen LogP contribution in [0.3, 0.4) is 0 Å². The minimum atomic E-state index is 0.0619. The van der Waals surface area contributed by atoms with E-state index in [1.807, 2.05) is 6.92 Å². The fourth-order valence-corrected chi connectivity index (χ4v) is 3.80. The van der Waals surface area contributed by atoms with Crippen LogP contribution in [0.4, 0.5) is 5.82 Å². The number of nitrogens with one attached hydrogen (secondary N) is 1. The Kier molecular flexibility index (Phi) is 5.49.